The fourth-order valence-corrected chi connectivity index (χ4v) is 6.69. The van der Waals surface area contributed by atoms with Crippen molar-refractivity contribution < 1.29 is 19.5 Å². The zero-order valence-corrected chi connectivity index (χ0v) is 35.5. The van der Waals surface area contributed by atoms with Crippen molar-refractivity contribution in [2.24, 2.45) is 5.73 Å². The van der Waals surface area contributed by atoms with Gasteiger partial charge in [0.05, 0.1) is 6.61 Å². The van der Waals surface area contributed by atoms with Crippen molar-refractivity contribution in [3.05, 3.63) is 24.3 Å². The molecule has 5 N–H and O–H groups in total. The van der Waals surface area contributed by atoms with Crippen LogP contribution in [0, 0.1) is 0 Å². The number of hydrogen-bond acceptors (Lipinski definition) is 5. The van der Waals surface area contributed by atoms with Crippen molar-refractivity contribution >= 4 is 17.7 Å². The van der Waals surface area contributed by atoms with Gasteiger partial charge in [-0.1, -0.05) is 141 Å². The number of aliphatic hydroxyl groups is 1. The molecule has 0 saturated carbocycles. The number of unbranched alkanes of at least 4 members (excludes halogenated alkanes) is 23. The lowest BCUT2D eigenvalue weighted by molar-refractivity contribution is -0.133. The Bertz CT molecular complexity index is 909. The first kappa shape index (κ1) is 51.8. The summed E-state index contributed by atoms with van der Waals surface area (Å²) in [4.78, 5) is 39.0. The molecule has 0 rings (SSSR count). The Labute approximate surface area is 333 Å². The van der Waals surface area contributed by atoms with Crippen LogP contribution in [-0.2, 0) is 14.4 Å². The van der Waals surface area contributed by atoms with Crippen LogP contribution in [0.4, 0.5) is 0 Å². The fraction of sp³-hybridized carbons (Fsp3) is 0.848. The van der Waals surface area contributed by atoms with Crippen molar-refractivity contribution in [3.8, 4) is 0 Å². The highest BCUT2D eigenvalue weighted by atomic mass is 16.3. The van der Waals surface area contributed by atoms with E-state index in [2.05, 4.69) is 48.8 Å². The average Bonchev–Trinajstić information content (AvgIpc) is 3.17. The lowest BCUT2D eigenvalue weighted by Gasteiger charge is -2.25. The van der Waals surface area contributed by atoms with Crippen LogP contribution in [0.15, 0.2) is 24.3 Å². The van der Waals surface area contributed by atoms with E-state index in [0.29, 0.717) is 45.4 Å². The first-order valence-electron chi connectivity index (χ1n) is 22.9. The van der Waals surface area contributed by atoms with E-state index in [9.17, 15) is 19.5 Å². The number of nitrogens with two attached hydrogens (primary N) is 1. The minimum atomic E-state index is -0.938. The summed E-state index contributed by atoms with van der Waals surface area (Å²) in [6.07, 6.45) is 44.9. The smallest absolute Gasteiger partial charge is 0.241 e. The van der Waals surface area contributed by atoms with E-state index in [1.165, 1.54) is 135 Å². The van der Waals surface area contributed by atoms with Crippen LogP contribution in [-0.4, -0.2) is 66.6 Å². The highest BCUT2D eigenvalue weighted by Gasteiger charge is 2.19. The van der Waals surface area contributed by atoms with Crippen molar-refractivity contribution in [2.45, 2.75) is 219 Å². The monoisotopic (exact) mass is 761 g/mol. The quantitative estimate of drug-likeness (QED) is 0.0365. The molecule has 0 bridgehead atoms. The Morgan fingerprint density at radius 3 is 1.26 bits per heavy atom. The lowest BCUT2D eigenvalue weighted by Crippen LogP contribution is -2.47. The van der Waals surface area contributed by atoms with Gasteiger partial charge in [0.25, 0.3) is 0 Å². The van der Waals surface area contributed by atoms with Crippen LogP contribution in [0.1, 0.15) is 213 Å². The van der Waals surface area contributed by atoms with Gasteiger partial charge >= 0.3 is 0 Å². The third kappa shape index (κ3) is 36.8. The van der Waals surface area contributed by atoms with Gasteiger partial charge < -0.3 is 26.4 Å². The molecule has 0 aromatic carbocycles. The Morgan fingerprint density at radius 2 is 0.852 bits per heavy atom. The van der Waals surface area contributed by atoms with Crippen LogP contribution >= 0.6 is 0 Å². The largest absolute Gasteiger partial charge is 0.394 e. The number of carbonyl (C=O) groups excluding carboxylic acids is 3. The maximum atomic E-state index is 12.7. The van der Waals surface area contributed by atoms with Gasteiger partial charge in [-0.2, -0.15) is 0 Å². The van der Waals surface area contributed by atoms with Gasteiger partial charge in [0.15, 0.2) is 0 Å². The molecule has 0 fully saturated rings. The lowest BCUT2D eigenvalue weighted by atomic mass is 10.1. The Hall–Kier alpha value is -2.19. The molecule has 3 amide bonds. The molecule has 0 aliphatic rings. The molecular weight excluding hydrogens is 673 g/mol. The van der Waals surface area contributed by atoms with Crippen LogP contribution in [0.25, 0.3) is 0 Å². The molecule has 1 atom stereocenters. The van der Waals surface area contributed by atoms with Crippen LogP contribution in [0.3, 0.4) is 0 Å². The summed E-state index contributed by atoms with van der Waals surface area (Å²) in [5.41, 5.74) is 5.84. The first-order chi connectivity index (χ1) is 26.5. The van der Waals surface area contributed by atoms with Crippen molar-refractivity contribution in [1.82, 2.24) is 15.5 Å². The van der Waals surface area contributed by atoms with Gasteiger partial charge in [0, 0.05) is 39.0 Å². The van der Waals surface area contributed by atoms with E-state index < -0.39 is 12.6 Å². The standard InChI is InChI=1S/C46H88N4O4/c1-3-5-7-9-11-13-15-17-19-21-23-25-27-29-31-36-44(52)48-38-33-34-40-50(46(54)43(47)42-51)41-35-39-49-45(53)37-32-30-28-26-24-22-20-18-16-14-12-10-8-6-4-2/h17-20,43,51H,3-16,21-42,47H2,1-2H3,(H,48,52)(H,49,53)/t43-/m0/s1. The number of carbonyl (C=O) groups is 3. The SMILES string of the molecule is CCCCCCCCC=CCCCCCCCC(=O)NCCCCN(CCCNC(=O)CCCCCCCC=CCCCCCCCC)C(=O)[C@@H](N)CO. The van der Waals surface area contributed by atoms with Gasteiger partial charge in [-0.15, -0.1) is 0 Å². The third-order valence-electron chi connectivity index (χ3n) is 10.3. The van der Waals surface area contributed by atoms with Crippen molar-refractivity contribution in [1.29, 1.82) is 0 Å². The summed E-state index contributed by atoms with van der Waals surface area (Å²) < 4.78 is 0. The van der Waals surface area contributed by atoms with Gasteiger partial charge in [-0.05, 0) is 83.5 Å². The molecule has 0 aliphatic heterocycles. The second-order valence-corrected chi connectivity index (χ2v) is 15.5. The molecule has 0 unspecified atom stereocenters. The van der Waals surface area contributed by atoms with Crippen molar-refractivity contribution in [2.75, 3.05) is 32.8 Å². The van der Waals surface area contributed by atoms with Gasteiger partial charge in [-0.25, -0.2) is 0 Å². The maximum Gasteiger partial charge on any atom is 0.241 e. The molecule has 316 valence electrons. The topological polar surface area (TPSA) is 125 Å². The molecule has 0 spiro atoms. The van der Waals surface area contributed by atoms with Gasteiger partial charge in [0.1, 0.15) is 6.04 Å². The molecule has 0 aromatic heterocycles. The van der Waals surface area contributed by atoms with E-state index in [0.717, 1.165) is 44.9 Å². The second-order valence-electron chi connectivity index (χ2n) is 15.5. The summed E-state index contributed by atoms with van der Waals surface area (Å²) >= 11 is 0. The minimum Gasteiger partial charge on any atom is -0.394 e. The molecule has 8 nitrogen and oxygen atoms in total. The molecular formula is C46H88N4O4. The minimum absolute atomic E-state index is 0.0649. The number of rotatable bonds is 41. The number of hydrogen-bond donors (Lipinski definition) is 4. The second kappa shape index (κ2) is 42.0. The highest BCUT2D eigenvalue weighted by molar-refractivity contribution is 5.81. The third-order valence-corrected chi connectivity index (χ3v) is 10.3. The highest BCUT2D eigenvalue weighted by Crippen LogP contribution is 2.12. The molecule has 0 radical (unpaired) electrons. The predicted octanol–water partition coefficient (Wildman–Crippen LogP) is 10.6. The molecule has 0 saturated heterocycles. The summed E-state index contributed by atoms with van der Waals surface area (Å²) in [5.74, 6) is -0.110. The molecule has 54 heavy (non-hydrogen) atoms. The summed E-state index contributed by atoms with van der Waals surface area (Å²) in [6, 6.07) is -0.938. The molecule has 8 heteroatoms. The van der Waals surface area contributed by atoms with E-state index in [-0.39, 0.29) is 17.7 Å². The van der Waals surface area contributed by atoms with Crippen LogP contribution in [0.2, 0.25) is 0 Å². The fourth-order valence-electron chi connectivity index (χ4n) is 6.69. The number of amides is 3. The van der Waals surface area contributed by atoms with E-state index in [1.54, 1.807) is 4.90 Å². The van der Waals surface area contributed by atoms with Crippen LogP contribution < -0.4 is 16.4 Å². The summed E-state index contributed by atoms with van der Waals surface area (Å²) in [7, 11) is 0. The van der Waals surface area contributed by atoms with Crippen molar-refractivity contribution in [3.63, 3.8) is 0 Å². The van der Waals surface area contributed by atoms with Gasteiger partial charge in [-0.3, -0.25) is 14.4 Å². The normalized spacial score (nSPS) is 12.1. The zero-order chi connectivity index (χ0) is 39.6. The van der Waals surface area contributed by atoms with Gasteiger partial charge in [0.2, 0.25) is 17.7 Å². The maximum absolute atomic E-state index is 12.7. The summed E-state index contributed by atoms with van der Waals surface area (Å²) in [5, 5.41) is 15.4. The number of nitrogens with one attached hydrogen (secondary N) is 2. The molecule has 0 heterocycles. The van der Waals surface area contributed by atoms with Crippen LogP contribution in [0.5, 0.6) is 0 Å². The number of allylic oxidation sites excluding steroid dienone is 4. The van der Waals surface area contributed by atoms with E-state index in [4.69, 9.17) is 5.73 Å². The molecule has 0 aromatic rings. The predicted molar refractivity (Wildman–Crippen MR) is 230 cm³/mol. The molecule has 0 aliphatic carbocycles. The number of aliphatic hydroxyl groups excluding tert-OH is 1. The number of nitrogens with zero attached hydrogens (tertiary/aromatic N) is 1. The summed E-state index contributed by atoms with van der Waals surface area (Å²) in [6.45, 7) is 6.21. The Morgan fingerprint density at radius 1 is 0.500 bits per heavy atom. The first-order valence-corrected chi connectivity index (χ1v) is 22.9. The van der Waals surface area contributed by atoms with E-state index >= 15 is 0 Å². The Balaban J connectivity index is 3.87. The zero-order valence-electron chi connectivity index (χ0n) is 35.5. The van der Waals surface area contributed by atoms with E-state index in [1.807, 2.05) is 0 Å². The Kier molecular flexibility index (Phi) is 40.3. The average molecular weight is 761 g/mol.